The van der Waals surface area contributed by atoms with E-state index in [2.05, 4.69) is 0 Å². The highest BCUT2D eigenvalue weighted by Crippen LogP contribution is 2.37. The van der Waals surface area contributed by atoms with Crippen molar-refractivity contribution in [2.45, 2.75) is 12.5 Å². The first-order valence-electron chi connectivity index (χ1n) is 4.24. The van der Waals surface area contributed by atoms with Crippen LogP contribution in [-0.4, -0.2) is 33.2 Å². The van der Waals surface area contributed by atoms with Crippen molar-refractivity contribution in [3.05, 3.63) is 24.0 Å². The van der Waals surface area contributed by atoms with Crippen LogP contribution in [0.15, 0.2) is 24.0 Å². The lowest BCUT2D eigenvalue weighted by atomic mass is 9.99. The van der Waals surface area contributed by atoms with E-state index in [1.807, 2.05) is 6.08 Å². The van der Waals surface area contributed by atoms with Crippen LogP contribution in [0, 0.1) is 5.92 Å². The number of aliphatic hydroxyl groups is 1. The zero-order chi connectivity index (χ0) is 10.3. The maximum atomic E-state index is 11.5. The first-order valence-corrected chi connectivity index (χ1v) is 4.24. The second kappa shape index (κ2) is 2.87. The minimum atomic E-state index is -1.27. The summed E-state index contributed by atoms with van der Waals surface area (Å²) in [6, 6.07) is -0.432. The van der Waals surface area contributed by atoms with Gasteiger partial charge in [-0.1, -0.05) is 12.2 Å². The molecule has 1 aliphatic heterocycles. The number of nitrogens with zero attached hydrogens (tertiary/aromatic N) is 1. The number of amides is 2. The molecule has 0 saturated carbocycles. The summed E-state index contributed by atoms with van der Waals surface area (Å²) >= 11 is 0. The van der Waals surface area contributed by atoms with Crippen LogP contribution in [-0.2, 0) is 4.79 Å². The van der Waals surface area contributed by atoms with E-state index in [0.717, 1.165) is 11.2 Å². The Morgan fingerprint density at radius 2 is 2.36 bits per heavy atom. The number of carbonyl (C=O) groups excluding carboxylic acids is 1. The van der Waals surface area contributed by atoms with E-state index >= 15 is 0 Å². The third-order valence-corrected chi connectivity index (χ3v) is 2.64. The molecule has 1 aliphatic carbocycles. The van der Waals surface area contributed by atoms with Crippen LogP contribution >= 0.6 is 0 Å². The van der Waals surface area contributed by atoms with Crippen LogP contribution in [0.1, 0.15) is 6.42 Å². The van der Waals surface area contributed by atoms with Crippen LogP contribution in [0.4, 0.5) is 4.79 Å². The molecule has 0 radical (unpaired) electrons. The van der Waals surface area contributed by atoms with Crippen LogP contribution < -0.4 is 0 Å². The standard InChI is InChI=1S/C9H9NO4/c11-4-6-5-2-1-3-7(5)10(8(6)12)9(13)14/h1,3-5,7,11H,2H2,(H,13,14)/b6-4-. The van der Waals surface area contributed by atoms with Crippen molar-refractivity contribution < 1.29 is 19.8 Å². The molecule has 0 bridgehead atoms. The first-order chi connectivity index (χ1) is 6.66. The molecular weight excluding hydrogens is 186 g/mol. The van der Waals surface area contributed by atoms with Gasteiger partial charge >= 0.3 is 6.09 Å². The van der Waals surface area contributed by atoms with Gasteiger partial charge in [0.25, 0.3) is 5.91 Å². The van der Waals surface area contributed by atoms with Crippen LogP contribution in [0.25, 0.3) is 0 Å². The number of fused-ring (bicyclic) bond motifs is 1. The van der Waals surface area contributed by atoms with Gasteiger partial charge in [-0.3, -0.25) is 4.79 Å². The molecule has 5 nitrogen and oxygen atoms in total. The Balaban J connectivity index is 2.41. The number of imide groups is 1. The van der Waals surface area contributed by atoms with E-state index in [1.54, 1.807) is 6.08 Å². The second-order valence-corrected chi connectivity index (χ2v) is 3.30. The molecule has 74 valence electrons. The largest absolute Gasteiger partial charge is 0.515 e. The quantitative estimate of drug-likeness (QED) is 0.342. The number of allylic oxidation sites excluding steroid dienone is 1. The number of aliphatic hydroxyl groups excluding tert-OH is 1. The van der Waals surface area contributed by atoms with Gasteiger partial charge in [0.05, 0.1) is 17.9 Å². The van der Waals surface area contributed by atoms with Gasteiger partial charge in [0, 0.05) is 5.92 Å². The van der Waals surface area contributed by atoms with E-state index in [-0.39, 0.29) is 11.5 Å². The number of carbonyl (C=O) groups is 2. The van der Waals surface area contributed by atoms with E-state index in [9.17, 15) is 9.59 Å². The van der Waals surface area contributed by atoms with Gasteiger partial charge in [-0.25, -0.2) is 9.69 Å². The SMILES string of the molecule is O=C(O)N1C(=O)/C(=C\O)C2CC=CC21. The van der Waals surface area contributed by atoms with E-state index in [0.29, 0.717) is 6.42 Å². The zero-order valence-corrected chi connectivity index (χ0v) is 7.25. The number of rotatable bonds is 0. The maximum Gasteiger partial charge on any atom is 0.414 e. The van der Waals surface area contributed by atoms with Crippen molar-refractivity contribution in [2.24, 2.45) is 5.92 Å². The fourth-order valence-electron chi connectivity index (χ4n) is 2.01. The van der Waals surface area contributed by atoms with Crippen LogP contribution in [0.3, 0.4) is 0 Å². The summed E-state index contributed by atoms with van der Waals surface area (Å²) in [6.07, 6.45) is 3.56. The fourth-order valence-corrected chi connectivity index (χ4v) is 2.01. The summed E-state index contributed by atoms with van der Waals surface area (Å²) in [4.78, 5) is 23.0. The molecule has 5 heteroatoms. The molecule has 0 spiro atoms. The van der Waals surface area contributed by atoms with Gasteiger partial charge in [-0.2, -0.15) is 0 Å². The van der Waals surface area contributed by atoms with Gasteiger partial charge in [0.1, 0.15) is 0 Å². The molecule has 2 atom stereocenters. The van der Waals surface area contributed by atoms with Gasteiger partial charge in [-0.05, 0) is 6.42 Å². The lowest BCUT2D eigenvalue weighted by molar-refractivity contribution is -0.123. The Morgan fingerprint density at radius 1 is 1.64 bits per heavy atom. The van der Waals surface area contributed by atoms with Crippen LogP contribution in [0.2, 0.25) is 0 Å². The average molecular weight is 195 g/mol. The molecule has 1 heterocycles. The Bertz CT molecular complexity index is 358. The topological polar surface area (TPSA) is 77.8 Å². The lowest BCUT2D eigenvalue weighted by Crippen LogP contribution is -2.37. The van der Waals surface area contributed by atoms with E-state index in [1.165, 1.54) is 0 Å². The molecule has 2 rings (SSSR count). The Kier molecular flexibility index (Phi) is 1.80. The molecule has 0 aromatic rings. The van der Waals surface area contributed by atoms with Crippen molar-refractivity contribution in [3.63, 3.8) is 0 Å². The minimum absolute atomic E-state index is 0.183. The van der Waals surface area contributed by atoms with Gasteiger partial charge in [0.15, 0.2) is 0 Å². The molecule has 14 heavy (non-hydrogen) atoms. The number of hydrogen-bond acceptors (Lipinski definition) is 3. The molecule has 2 unspecified atom stereocenters. The molecule has 2 aliphatic rings. The third kappa shape index (κ3) is 0.951. The fraction of sp³-hybridized carbons (Fsp3) is 0.333. The van der Waals surface area contributed by atoms with Crippen molar-refractivity contribution in [1.29, 1.82) is 0 Å². The monoisotopic (exact) mass is 195 g/mol. The van der Waals surface area contributed by atoms with Gasteiger partial charge in [0.2, 0.25) is 0 Å². The predicted molar refractivity (Wildman–Crippen MR) is 46.6 cm³/mol. The average Bonchev–Trinajstić information content (AvgIpc) is 2.62. The summed E-state index contributed by atoms with van der Waals surface area (Å²) in [5.41, 5.74) is 0.183. The van der Waals surface area contributed by atoms with Gasteiger partial charge < -0.3 is 10.2 Å². The highest BCUT2D eigenvalue weighted by atomic mass is 16.4. The maximum absolute atomic E-state index is 11.5. The highest BCUT2D eigenvalue weighted by Gasteiger charge is 2.47. The predicted octanol–water partition coefficient (Wildman–Crippen LogP) is 0.893. The van der Waals surface area contributed by atoms with Crippen LogP contribution in [0.5, 0.6) is 0 Å². The number of likely N-dealkylation sites (tertiary alicyclic amines) is 1. The summed E-state index contributed by atoms with van der Waals surface area (Å²) in [5.74, 6) is -0.817. The molecule has 1 saturated heterocycles. The Hall–Kier alpha value is -1.78. The summed E-state index contributed by atoms with van der Waals surface area (Å²) in [7, 11) is 0. The second-order valence-electron chi connectivity index (χ2n) is 3.30. The number of carboxylic acid groups (broad SMARTS) is 1. The minimum Gasteiger partial charge on any atom is -0.515 e. The molecule has 1 fully saturated rings. The smallest absolute Gasteiger partial charge is 0.414 e. The number of hydrogen-bond donors (Lipinski definition) is 2. The molecule has 0 aromatic carbocycles. The first kappa shape index (κ1) is 8.80. The molecule has 0 aromatic heterocycles. The summed E-state index contributed by atoms with van der Waals surface area (Å²) in [5, 5.41) is 17.7. The normalized spacial score (nSPS) is 32.7. The van der Waals surface area contributed by atoms with E-state index < -0.39 is 18.0 Å². The Labute approximate surface area is 79.9 Å². The summed E-state index contributed by atoms with van der Waals surface area (Å²) < 4.78 is 0. The van der Waals surface area contributed by atoms with Crippen molar-refractivity contribution in [1.82, 2.24) is 4.90 Å². The van der Waals surface area contributed by atoms with Crippen molar-refractivity contribution >= 4 is 12.0 Å². The van der Waals surface area contributed by atoms with Gasteiger partial charge in [-0.15, -0.1) is 0 Å². The van der Waals surface area contributed by atoms with Crippen molar-refractivity contribution in [3.8, 4) is 0 Å². The molecular formula is C9H9NO4. The summed E-state index contributed by atoms with van der Waals surface area (Å²) in [6.45, 7) is 0. The third-order valence-electron chi connectivity index (χ3n) is 2.64. The van der Waals surface area contributed by atoms with Crippen molar-refractivity contribution in [2.75, 3.05) is 0 Å². The Morgan fingerprint density at radius 3 is 2.93 bits per heavy atom. The zero-order valence-electron chi connectivity index (χ0n) is 7.25. The lowest BCUT2D eigenvalue weighted by Gasteiger charge is -2.15. The highest BCUT2D eigenvalue weighted by molar-refractivity contribution is 6.05. The van der Waals surface area contributed by atoms with E-state index in [4.69, 9.17) is 10.2 Å². The molecule has 2 amide bonds. The molecule has 2 N–H and O–H groups in total.